The van der Waals surface area contributed by atoms with Crippen LogP contribution in [-0.2, 0) is 10.0 Å². The van der Waals surface area contributed by atoms with Crippen molar-refractivity contribution in [3.05, 3.63) is 99.3 Å². The molecule has 12 heteroatoms. The molecule has 0 aliphatic carbocycles. The van der Waals surface area contributed by atoms with Crippen molar-refractivity contribution >= 4 is 45.1 Å². The molecule has 2 atom stereocenters. The highest BCUT2D eigenvalue weighted by atomic mass is 35.5. The molecule has 2 unspecified atom stereocenters. The zero-order chi connectivity index (χ0) is 30.2. The van der Waals surface area contributed by atoms with Gasteiger partial charge in [0.15, 0.2) is 0 Å². The lowest BCUT2D eigenvalue weighted by Crippen LogP contribution is -2.55. The number of ether oxygens (including phenoxy) is 1. The second-order valence-corrected chi connectivity index (χ2v) is 13.4. The number of aliphatic imine (C=N–C) groups is 1. The number of halogens is 3. The van der Waals surface area contributed by atoms with Crippen LogP contribution in [-0.4, -0.2) is 72.9 Å². The van der Waals surface area contributed by atoms with Gasteiger partial charge in [0.1, 0.15) is 23.4 Å². The van der Waals surface area contributed by atoms with E-state index in [1.54, 1.807) is 40.1 Å². The van der Waals surface area contributed by atoms with E-state index in [9.17, 15) is 17.6 Å². The van der Waals surface area contributed by atoms with Crippen molar-refractivity contribution < 1.29 is 22.3 Å². The highest BCUT2D eigenvalue weighted by Crippen LogP contribution is 2.45. The molecule has 2 aliphatic rings. The predicted molar refractivity (Wildman–Crippen MR) is 162 cm³/mol. The third kappa shape index (κ3) is 6.41. The van der Waals surface area contributed by atoms with Crippen LogP contribution >= 0.6 is 23.2 Å². The molecule has 2 heterocycles. The highest BCUT2D eigenvalue weighted by molar-refractivity contribution is 7.88. The first-order valence-electron chi connectivity index (χ1n) is 13.5. The largest absolute Gasteiger partial charge is 0.490 e. The van der Waals surface area contributed by atoms with E-state index in [-0.39, 0.29) is 44.1 Å². The van der Waals surface area contributed by atoms with Gasteiger partial charge in [-0.25, -0.2) is 17.6 Å². The van der Waals surface area contributed by atoms with Crippen LogP contribution in [0.3, 0.4) is 0 Å². The zero-order valence-corrected chi connectivity index (χ0v) is 25.7. The summed E-state index contributed by atoms with van der Waals surface area (Å²) in [5, 5.41) is 1.11. The van der Waals surface area contributed by atoms with Gasteiger partial charge in [-0.2, -0.15) is 4.31 Å². The summed E-state index contributed by atoms with van der Waals surface area (Å²) in [6.07, 6.45) is 0.897. The van der Waals surface area contributed by atoms with Crippen LogP contribution in [0.4, 0.5) is 9.18 Å². The Morgan fingerprint density at radius 1 is 0.929 bits per heavy atom. The van der Waals surface area contributed by atoms with E-state index in [2.05, 4.69) is 0 Å². The molecule has 222 valence electrons. The van der Waals surface area contributed by atoms with Crippen molar-refractivity contribution in [2.45, 2.75) is 32.0 Å². The van der Waals surface area contributed by atoms with E-state index in [1.165, 1.54) is 16.4 Å². The molecule has 5 rings (SSSR count). The molecule has 2 amide bonds. The number of piperazine rings is 1. The van der Waals surface area contributed by atoms with E-state index in [0.29, 0.717) is 21.4 Å². The number of carbonyl (C=O) groups excluding carboxylic acids is 1. The Bertz CT molecular complexity index is 1590. The lowest BCUT2D eigenvalue weighted by molar-refractivity contribution is 0.143. The maximum Gasteiger partial charge on any atom is 0.326 e. The summed E-state index contributed by atoms with van der Waals surface area (Å²) >= 11 is 12.4. The van der Waals surface area contributed by atoms with E-state index in [1.807, 2.05) is 38.1 Å². The number of sulfonamides is 1. The second-order valence-electron chi connectivity index (χ2n) is 10.6. The molecule has 0 spiro atoms. The van der Waals surface area contributed by atoms with Gasteiger partial charge in [0, 0.05) is 42.3 Å². The first-order chi connectivity index (χ1) is 19.9. The summed E-state index contributed by atoms with van der Waals surface area (Å²) in [4.78, 5) is 22.8. The van der Waals surface area contributed by atoms with Gasteiger partial charge in [-0.1, -0.05) is 47.5 Å². The molecule has 1 saturated heterocycles. The Morgan fingerprint density at radius 2 is 1.50 bits per heavy atom. The summed E-state index contributed by atoms with van der Waals surface area (Å²) < 4.78 is 46.0. The Hall–Kier alpha value is -3.18. The molecule has 0 saturated carbocycles. The van der Waals surface area contributed by atoms with Gasteiger partial charge in [0.05, 0.1) is 24.0 Å². The van der Waals surface area contributed by atoms with Crippen LogP contribution in [0.5, 0.6) is 5.75 Å². The van der Waals surface area contributed by atoms with Gasteiger partial charge in [-0.3, -0.25) is 9.89 Å². The Morgan fingerprint density at radius 3 is 2.05 bits per heavy atom. The maximum atomic E-state index is 14.5. The van der Waals surface area contributed by atoms with Crippen LogP contribution in [0.2, 0.25) is 10.0 Å². The van der Waals surface area contributed by atoms with Gasteiger partial charge in [-0.05, 0) is 61.4 Å². The number of hydrogen-bond donors (Lipinski definition) is 0. The van der Waals surface area contributed by atoms with E-state index in [0.717, 1.165) is 17.4 Å². The monoisotopic (exact) mass is 632 g/mol. The van der Waals surface area contributed by atoms with Crippen molar-refractivity contribution in [1.82, 2.24) is 14.1 Å². The van der Waals surface area contributed by atoms with E-state index < -0.39 is 27.9 Å². The number of amides is 2. The van der Waals surface area contributed by atoms with Gasteiger partial charge < -0.3 is 9.64 Å². The van der Waals surface area contributed by atoms with Crippen molar-refractivity contribution in [2.24, 2.45) is 4.99 Å². The molecule has 0 radical (unpaired) electrons. The van der Waals surface area contributed by atoms with Gasteiger partial charge in [0.2, 0.25) is 10.0 Å². The Labute approximate surface area is 255 Å². The molecule has 2 aliphatic heterocycles. The number of urea groups is 1. The van der Waals surface area contributed by atoms with Crippen LogP contribution in [0.15, 0.2) is 71.7 Å². The Kier molecular flexibility index (Phi) is 8.80. The number of hydrogen-bond acceptors (Lipinski definition) is 5. The van der Waals surface area contributed by atoms with Crippen molar-refractivity contribution in [1.29, 1.82) is 0 Å². The standard InChI is InChI=1S/C30H31Cl2FN4O4S/c1-19(2)41-26-18-24(33)12-13-25(26)29-34-27(20-4-8-22(31)9-5-20)28(21-6-10-23(32)11-7-21)37(29)30(38)35-14-16-36(17-15-35)42(3,39)40/h4-13,18-19,27-28H,14-17H2,1-3H3. The van der Waals surface area contributed by atoms with Crippen LogP contribution in [0.1, 0.15) is 42.6 Å². The fraction of sp³-hybridized carbons (Fsp3) is 0.333. The summed E-state index contributed by atoms with van der Waals surface area (Å²) in [5.41, 5.74) is 2.07. The molecular weight excluding hydrogens is 602 g/mol. The lowest BCUT2D eigenvalue weighted by atomic mass is 9.93. The van der Waals surface area contributed by atoms with Crippen LogP contribution in [0.25, 0.3) is 0 Å². The molecule has 3 aromatic carbocycles. The fourth-order valence-electron chi connectivity index (χ4n) is 5.25. The smallest absolute Gasteiger partial charge is 0.326 e. The number of nitrogens with zero attached hydrogens (tertiary/aromatic N) is 4. The molecule has 3 aromatic rings. The van der Waals surface area contributed by atoms with Crippen molar-refractivity contribution in [2.75, 3.05) is 32.4 Å². The fourth-order valence-corrected chi connectivity index (χ4v) is 6.33. The molecule has 8 nitrogen and oxygen atoms in total. The van der Waals surface area contributed by atoms with E-state index >= 15 is 0 Å². The second kappa shape index (κ2) is 12.2. The van der Waals surface area contributed by atoms with Crippen molar-refractivity contribution in [3.63, 3.8) is 0 Å². The molecule has 1 fully saturated rings. The van der Waals surface area contributed by atoms with Gasteiger partial charge in [0.25, 0.3) is 0 Å². The number of rotatable bonds is 6. The normalized spacial score (nSPS) is 19.7. The minimum absolute atomic E-state index is 0.176. The minimum Gasteiger partial charge on any atom is -0.490 e. The number of benzene rings is 3. The van der Waals surface area contributed by atoms with Crippen LogP contribution in [0, 0.1) is 5.82 Å². The zero-order valence-electron chi connectivity index (χ0n) is 23.4. The summed E-state index contributed by atoms with van der Waals surface area (Å²) in [5.74, 6) is 0.0995. The number of carbonyl (C=O) groups is 1. The third-order valence-electron chi connectivity index (χ3n) is 7.22. The third-order valence-corrected chi connectivity index (χ3v) is 9.03. The van der Waals surface area contributed by atoms with E-state index in [4.69, 9.17) is 32.9 Å². The summed E-state index contributed by atoms with van der Waals surface area (Å²) in [6, 6.07) is 17.2. The SMILES string of the molecule is CC(C)Oc1cc(F)ccc1C1=NC(c2ccc(Cl)cc2)C(c2ccc(Cl)cc2)N1C(=O)N1CCN(S(C)(=O)=O)CC1. The lowest BCUT2D eigenvalue weighted by Gasteiger charge is -2.38. The molecule has 42 heavy (non-hydrogen) atoms. The highest BCUT2D eigenvalue weighted by Gasteiger charge is 2.45. The molecular formula is C30H31Cl2FN4O4S. The topological polar surface area (TPSA) is 82.5 Å². The first-order valence-corrected chi connectivity index (χ1v) is 16.1. The number of amidine groups is 1. The van der Waals surface area contributed by atoms with Gasteiger partial charge in [-0.15, -0.1) is 0 Å². The average molecular weight is 634 g/mol. The summed E-state index contributed by atoms with van der Waals surface area (Å²) in [7, 11) is -3.39. The van der Waals surface area contributed by atoms with Gasteiger partial charge >= 0.3 is 6.03 Å². The molecule has 0 bridgehead atoms. The average Bonchev–Trinajstić information content (AvgIpc) is 3.33. The first kappa shape index (κ1) is 30.3. The molecule has 0 N–H and O–H groups in total. The minimum atomic E-state index is -3.39. The maximum absolute atomic E-state index is 14.5. The van der Waals surface area contributed by atoms with Crippen molar-refractivity contribution in [3.8, 4) is 5.75 Å². The Balaban J connectivity index is 1.65. The molecule has 0 aromatic heterocycles. The predicted octanol–water partition coefficient (Wildman–Crippen LogP) is 6.16. The quantitative estimate of drug-likeness (QED) is 0.326. The van der Waals surface area contributed by atoms with Crippen LogP contribution < -0.4 is 4.74 Å². The summed E-state index contributed by atoms with van der Waals surface area (Å²) in [6.45, 7) is 4.43.